The predicted octanol–water partition coefficient (Wildman–Crippen LogP) is 3.63. The monoisotopic (exact) mass is 381 g/mol. The lowest BCUT2D eigenvalue weighted by Crippen LogP contribution is -2.36. The number of amides is 1. The van der Waals surface area contributed by atoms with Crippen LogP contribution in [-0.2, 0) is 11.2 Å². The molecule has 6 nitrogen and oxygen atoms in total. The summed E-state index contributed by atoms with van der Waals surface area (Å²) < 4.78 is 10.8. The van der Waals surface area contributed by atoms with Crippen LogP contribution in [0, 0.1) is 0 Å². The molecule has 1 fully saturated rings. The molecule has 148 valence electrons. The average molecular weight is 381 g/mol. The van der Waals surface area contributed by atoms with E-state index in [0.29, 0.717) is 18.1 Å². The molecule has 2 aromatic carbocycles. The van der Waals surface area contributed by atoms with Crippen LogP contribution in [0.4, 0.5) is 5.69 Å². The summed E-state index contributed by atoms with van der Waals surface area (Å²) in [5.74, 6) is 0.975. The van der Waals surface area contributed by atoms with Gasteiger partial charge < -0.3 is 14.8 Å². The maximum Gasteiger partial charge on any atom is 0.257 e. The molecular weight excluding hydrogens is 354 g/mol. The average Bonchev–Trinajstić information content (AvgIpc) is 3.26. The zero-order valence-corrected chi connectivity index (χ0v) is 16.4. The summed E-state index contributed by atoms with van der Waals surface area (Å²) in [6.45, 7) is 3.37. The number of nitrogens with one attached hydrogen (secondary N) is 2. The van der Waals surface area contributed by atoms with Crippen molar-refractivity contribution in [2.24, 2.45) is 4.99 Å². The third-order valence-electron chi connectivity index (χ3n) is 4.69. The molecule has 1 aliphatic heterocycles. The Bertz CT molecular complexity index is 795. The number of hydrogen-bond acceptors (Lipinski definition) is 4. The standard InChI is InChI=1S/C22H27N3O3/c1-3-16-6-8-17(9-7-16)21(26)25-22(23-15-20-5-4-14-28-20)24-18-10-12-19(27-2)13-11-18/h6-13,20H,3-5,14-15H2,1-2H3,(H2,23,24,25,26). The van der Waals surface area contributed by atoms with E-state index >= 15 is 0 Å². The minimum Gasteiger partial charge on any atom is -0.497 e. The topological polar surface area (TPSA) is 72.0 Å². The number of rotatable bonds is 6. The van der Waals surface area contributed by atoms with E-state index in [2.05, 4.69) is 22.5 Å². The third kappa shape index (κ3) is 5.57. The van der Waals surface area contributed by atoms with Gasteiger partial charge >= 0.3 is 0 Å². The lowest BCUT2D eigenvalue weighted by atomic mass is 10.1. The second kappa shape index (κ2) is 9.90. The number of hydrogen-bond donors (Lipinski definition) is 2. The van der Waals surface area contributed by atoms with Crippen LogP contribution in [0.3, 0.4) is 0 Å². The van der Waals surface area contributed by atoms with Crippen LogP contribution in [0.2, 0.25) is 0 Å². The summed E-state index contributed by atoms with van der Waals surface area (Å²) in [4.78, 5) is 17.2. The first kappa shape index (κ1) is 19.9. The van der Waals surface area contributed by atoms with Gasteiger partial charge in [0.2, 0.25) is 5.96 Å². The maximum absolute atomic E-state index is 12.7. The zero-order chi connectivity index (χ0) is 19.8. The highest BCUT2D eigenvalue weighted by Crippen LogP contribution is 2.16. The molecule has 1 aliphatic rings. The Morgan fingerprint density at radius 1 is 1.18 bits per heavy atom. The number of aliphatic imine (C=N–C) groups is 1. The van der Waals surface area contributed by atoms with E-state index in [1.807, 2.05) is 48.5 Å². The van der Waals surface area contributed by atoms with E-state index in [4.69, 9.17) is 9.47 Å². The Hall–Kier alpha value is -2.86. The number of benzene rings is 2. The summed E-state index contributed by atoms with van der Waals surface area (Å²) >= 11 is 0. The third-order valence-corrected chi connectivity index (χ3v) is 4.69. The Kier molecular flexibility index (Phi) is 7.03. The molecule has 0 bridgehead atoms. The molecule has 0 radical (unpaired) electrons. The van der Waals surface area contributed by atoms with Crippen molar-refractivity contribution in [3.63, 3.8) is 0 Å². The summed E-state index contributed by atoms with van der Waals surface area (Å²) in [5, 5.41) is 6.07. The number of guanidine groups is 1. The van der Waals surface area contributed by atoms with Crippen LogP contribution in [0.1, 0.15) is 35.7 Å². The van der Waals surface area contributed by atoms with Gasteiger partial charge in [-0.25, -0.2) is 4.99 Å². The molecule has 2 aromatic rings. The number of nitrogens with zero attached hydrogens (tertiary/aromatic N) is 1. The van der Waals surface area contributed by atoms with Crippen LogP contribution in [0.5, 0.6) is 5.75 Å². The Labute approximate surface area is 166 Å². The molecule has 1 unspecified atom stereocenters. The number of methoxy groups -OCH3 is 1. The minimum atomic E-state index is -0.199. The number of carbonyl (C=O) groups is 1. The molecule has 28 heavy (non-hydrogen) atoms. The molecular formula is C22H27N3O3. The summed E-state index contributed by atoms with van der Waals surface area (Å²) in [7, 11) is 1.63. The minimum absolute atomic E-state index is 0.105. The van der Waals surface area contributed by atoms with Gasteiger partial charge in [0.15, 0.2) is 0 Å². The van der Waals surface area contributed by atoms with Crippen molar-refractivity contribution in [2.75, 3.05) is 25.6 Å². The van der Waals surface area contributed by atoms with Gasteiger partial charge in [0.1, 0.15) is 5.75 Å². The molecule has 6 heteroatoms. The molecule has 0 saturated carbocycles. The van der Waals surface area contributed by atoms with Crippen LogP contribution < -0.4 is 15.4 Å². The number of ether oxygens (including phenoxy) is 2. The molecule has 1 amide bonds. The van der Waals surface area contributed by atoms with Crippen molar-refractivity contribution in [1.82, 2.24) is 5.32 Å². The highest BCUT2D eigenvalue weighted by Gasteiger charge is 2.16. The summed E-state index contributed by atoms with van der Waals surface area (Å²) in [6.07, 6.45) is 3.09. The van der Waals surface area contributed by atoms with Crippen molar-refractivity contribution in [2.45, 2.75) is 32.3 Å². The molecule has 0 spiro atoms. The van der Waals surface area contributed by atoms with Crippen molar-refractivity contribution >= 4 is 17.6 Å². The van der Waals surface area contributed by atoms with Gasteiger partial charge in [-0.3, -0.25) is 10.1 Å². The lowest BCUT2D eigenvalue weighted by molar-refractivity contribution is 0.0975. The van der Waals surface area contributed by atoms with Crippen molar-refractivity contribution < 1.29 is 14.3 Å². The van der Waals surface area contributed by atoms with Crippen LogP contribution >= 0.6 is 0 Å². The quantitative estimate of drug-likeness (QED) is 0.592. The Balaban J connectivity index is 1.71. The summed E-state index contributed by atoms with van der Waals surface area (Å²) in [6, 6.07) is 15.1. The largest absolute Gasteiger partial charge is 0.497 e. The number of aryl methyl sites for hydroxylation is 1. The first-order valence-electron chi connectivity index (χ1n) is 9.65. The molecule has 1 atom stereocenters. The molecule has 1 saturated heterocycles. The summed E-state index contributed by atoms with van der Waals surface area (Å²) in [5.41, 5.74) is 2.60. The van der Waals surface area contributed by atoms with E-state index in [-0.39, 0.29) is 12.0 Å². The fourth-order valence-electron chi connectivity index (χ4n) is 2.97. The van der Waals surface area contributed by atoms with E-state index < -0.39 is 0 Å². The van der Waals surface area contributed by atoms with E-state index in [9.17, 15) is 4.79 Å². The van der Waals surface area contributed by atoms with Gasteiger partial charge in [0.05, 0.1) is 19.8 Å². The lowest BCUT2D eigenvalue weighted by Gasteiger charge is -2.14. The number of carbonyl (C=O) groups excluding carboxylic acids is 1. The highest BCUT2D eigenvalue weighted by atomic mass is 16.5. The van der Waals surface area contributed by atoms with Crippen molar-refractivity contribution in [1.29, 1.82) is 0 Å². The molecule has 0 aliphatic carbocycles. The maximum atomic E-state index is 12.7. The smallest absolute Gasteiger partial charge is 0.257 e. The zero-order valence-electron chi connectivity index (χ0n) is 16.4. The fourth-order valence-corrected chi connectivity index (χ4v) is 2.97. The molecule has 0 aromatic heterocycles. The van der Waals surface area contributed by atoms with Crippen LogP contribution in [0.25, 0.3) is 0 Å². The van der Waals surface area contributed by atoms with E-state index in [1.165, 1.54) is 5.56 Å². The van der Waals surface area contributed by atoms with E-state index in [1.54, 1.807) is 7.11 Å². The molecule has 1 heterocycles. The normalized spacial score (nSPS) is 16.6. The number of anilines is 1. The van der Waals surface area contributed by atoms with Gasteiger partial charge in [-0.2, -0.15) is 0 Å². The molecule has 3 rings (SSSR count). The second-order valence-corrected chi connectivity index (χ2v) is 6.68. The van der Waals surface area contributed by atoms with Gasteiger partial charge in [-0.05, 0) is 61.2 Å². The van der Waals surface area contributed by atoms with Gasteiger partial charge in [-0.15, -0.1) is 0 Å². The van der Waals surface area contributed by atoms with Crippen LogP contribution in [-0.4, -0.2) is 38.2 Å². The van der Waals surface area contributed by atoms with Crippen molar-refractivity contribution in [3.8, 4) is 5.75 Å². The Morgan fingerprint density at radius 2 is 1.93 bits per heavy atom. The fraction of sp³-hybridized carbons (Fsp3) is 0.364. The van der Waals surface area contributed by atoms with Crippen LogP contribution in [0.15, 0.2) is 53.5 Å². The van der Waals surface area contributed by atoms with Gasteiger partial charge in [-0.1, -0.05) is 19.1 Å². The van der Waals surface area contributed by atoms with Gasteiger partial charge in [0.25, 0.3) is 5.91 Å². The molecule has 2 N–H and O–H groups in total. The second-order valence-electron chi connectivity index (χ2n) is 6.68. The van der Waals surface area contributed by atoms with Gasteiger partial charge in [0, 0.05) is 17.9 Å². The first-order chi connectivity index (χ1) is 13.7. The predicted molar refractivity (Wildman–Crippen MR) is 111 cm³/mol. The first-order valence-corrected chi connectivity index (χ1v) is 9.65. The Morgan fingerprint density at radius 3 is 2.54 bits per heavy atom. The highest BCUT2D eigenvalue weighted by molar-refractivity contribution is 6.10. The van der Waals surface area contributed by atoms with Crippen molar-refractivity contribution in [3.05, 3.63) is 59.7 Å². The van der Waals surface area contributed by atoms with E-state index in [0.717, 1.165) is 37.3 Å². The SMILES string of the molecule is CCc1ccc(C(=O)NC(=NCC2CCCO2)Nc2ccc(OC)cc2)cc1.